The van der Waals surface area contributed by atoms with Gasteiger partial charge in [-0.25, -0.2) is 17.5 Å². The molecule has 2 fully saturated rings. The monoisotopic (exact) mass is 481 g/mol. The Morgan fingerprint density at radius 1 is 1.09 bits per heavy atom. The molecule has 1 aliphatic heterocycles. The SMILES string of the molecule is CC1CCC(N(C)C(=O)COC(=O)c2cc(S(=O)(=O)N(C)C)ccc2N2CCOCC2)CC1. The number of rotatable bonds is 7. The van der Waals surface area contributed by atoms with Crippen molar-refractivity contribution >= 4 is 27.6 Å². The molecular formula is C23H35N3O6S. The zero-order valence-corrected chi connectivity index (χ0v) is 20.8. The average molecular weight is 482 g/mol. The highest BCUT2D eigenvalue weighted by Crippen LogP contribution is 2.28. The van der Waals surface area contributed by atoms with Gasteiger partial charge in [0, 0.05) is 40.3 Å². The Kier molecular flexibility index (Phi) is 8.36. The Morgan fingerprint density at radius 3 is 2.33 bits per heavy atom. The number of carbonyl (C=O) groups is 2. The maximum absolute atomic E-state index is 13.0. The highest BCUT2D eigenvalue weighted by molar-refractivity contribution is 7.89. The molecule has 0 spiro atoms. The Balaban J connectivity index is 1.77. The summed E-state index contributed by atoms with van der Waals surface area (Å²) in [6.07, 6.45) is 4.06. The number of sulfonamides is 1. The maximum Gasteiger partial charge on any atom is 0.340 e. The summed E-state index contributed by atoms with van der Waals surface area (Å²) in [5.74, 6) is -0.300. The number of amides is 1. The van der Waals surface area contributed by atoms with E-state index in [-0.39, 0.29) is 29.0 Å². The molecule has 1 aromatic carbocycles. The minimum Gasteiger partial charge on any atom is -0.452 e. The summed E-state index contributed by atoms with van der Waals surface area (Å²) in [5.41, 5.74) is 0.699. The first-order valence-corrected chi connectivity index (χ1v) is 12.9. The molecule has 0 radical (unpaired) electrons. The molecule has 10 heteroatoms. The van der Waals surface area contributed by atoms with Crippen LogP contribution in [0.5, 0.6) is 0 Å². The summed E-state index contributed by atoms with van der Waals surface area (Å²) < 4.78 is 37.1. The highest BCUT2D eigenvalue weighted by atomic mass is 32.2. The summed E-state index contributed by atoms with van der Waals surface area (Å²) in [5, 5.41) is 0. The van der Waals surface area contributed by atoms with Gasteiger partial charge < -0.3 is 19.3 Å². The van der Waals surface area contributed by atoms with Gasteiger partial charge in [-0.1, -0.05) is 6.92 Å². The molecule has 1 heterocycles. The van der Waals surface area contributed by atoms with Crippen LogP contribution in [0.2, 0.25) is 0 Å². The summed E-state index contributed by atoms with van der Waals surface area (Å²) in [7, 11) is 0.882. The van der Waals surface area contributed by atoms with E-state index in [2.05, 4.69) is 6.92 Å². The number of benzene rings is 1. The fraction of sp³-hybridized carbons (Fsp3) is 0.652. The number of carbonyl (C=O) groups excluding carboxylic acids is 2. The molecule has 0 bridgehead atoms. The molecule has 0 atom stereocenters. The van der Waals surface area contributed by atoms with E-state index < -0.39 is 16.0 Å². The first-order chi connectivity index (χ1) is 15.6. The summed E-state index contributed by atoms with van der Waals surface area (Å²) >= 11 is 0. The maximum atomic E-state index is 13.0. The molecule has 184 valence electrons. The number of ether oxygens (including phenoxy) is 2. The Bertz CT molecular complexity index is 951. The van der Waals surface area contributed by atoms with Gasteiger partial charge in [0.1, 0.15) is 0 Å². The van der Waals surface area contributed by atoms with Crippen molar-refractivity contribution < 1.29 is 27.5 Å². The molecule has 33 heavy (non-hydrogen) atoms. The molecule has 2 aliphatic rings. The first-order valence-electron chi connectivity index (χ1n) is 11.4. The normalized spacial score (nSPS) is 21.7. The molecule has 3 rings (SSSR count). The zero-order chi connectivity index (χ0) is 24.2. The Hall–Kier alpha value is -2.17. The number of esters is 1. The topological polar surface area (TPSA) is 96.5 Å². The lowest BCUT2D eigenvalue weighted by Gasteiger charge is -2.33. The number of hydrogen-bond donors (Lipinski definition) is 0. The second-order valence-electron chi connectivity index (χ2n) is 9.06. The predicted octanol–water partition coefficient (Wildman–Crippen LogP) is 1.97. The van der Waals surface area contributed by atoms with Gasteiger partial charge in [-0.2, -0.15) is 0 Å². The number of morpholine rings is 1. The van der Waals surface area contributed by atoms with E-state index in [9.17, 15) is 18.0 Å². The van der Waals surface area contributed by atoms with Crippen LogP contribution < -0.4 is 4.90 Å². The molecule has 1 saturated carbocycles. The van der Waals surface area contributed by atoms with Gasteiger partial charge in [0.2, 0.25) is 10.0 Å². The van der Waals surface area contributed by atoms with Crippen LogP contribution in [0.4, 0.5) is 5.69 Å². The number of anilines is 1. The number of likely N-dealkylation sites (N-methyl/N-ethyl adjacent to an activating group) is 1. The van der Waals surface area contributed by atoms with Crippen molar-refractivity contribution in [1.29, 1.82) is 0 Å². The third kappa shape index (κ3) is 6.04. The van der Waals surface area contributed by atoms with Gasteiger partial charge in [0.25, 0.3) is 5.91 Å². The largest absolute Gasteiger partial charge is 0.452 e. The molecule has 1 saturated heterocycles. The van der Waals surface area contributed by atoms with Crippen LogP contribution >= 0.6 is 0 Å². The quantitative estimate of drug-likeness (QED) is 0.549. The van der Waals surface area contributed by atoms with Crippen LogP contribution in [-0.4, -0.2) is 89.6 Å². The summed E-state index contributed by atoms with van der Waals surface area (Å²) in [6, 6.07) is 4.60. The lowest BCUT2D eigenvalue weighted by Crippen LogP contribution is -2.41. The van der Waals surface area contributed by atoms with Gasteiger partial charge in [-0.15, -0.1) is 0 Å². The van der Waals surface area contributed by atoms with Crippen LogP contribution in [0.25, 0.3) is 0 Å². The van der Waals surface area contributed by atoms with E-state index in [4.69, 9.17) is 9.47 Å². The second kappa shape index (κ2) is 10.8. The van der Waals surface area contributed by atoms with Gasteiger partial charge >= 0.3 is 5.97 Å². The van der Waals surface area contributed by atoms with Crippen molar-refractivity contribution in [3.05, 3.63) is 23.8 Å². The van der Waals surface area contributed by atoms with Crippen molar-refractivity contribution in [3.63, 3.8) is 0 Å². The molecular weight excluding hydrogens is 446 g/mol. The number of hydrogen-bond acceptors (Lipinski definition) is 7. The lowest BCUT2D eigenvalue weighted by molar-refractivity contribution is -0.136. The second-order valence-corrected chi connectivity index (χ2v) is 11.2. The smallest absolute Gasteiger partial charge is 0.340 e. The third-order valence-electron chi connectivity index (χ3n) is 6.57. The van der Waals surface area contributed by atoms with Crippen LogP contribution in [0.1, 0.15) is 43.0 Å². The van der Waals surface area contributed by atoms with Gasteiger partial charge in [0.15, 0.2) is 6.61 Å². The fourth-order valence-corrected chi connectivity index (χ4v) is 5.20. The van der Waals surface area contributed by atoms with E-state index in [0.29, 0.717) is 37.9 Å². The van der Waals surface area contributed by atoms with Crippen LogP contribution in [0, 0.1) is 5.92 Å². The first kappa shape index (κ1) is 25.5. The minimum absolute atomic E-state index is 0.00349. The lowest BCUT2D eigenvalue weighted by atomic mass is 9.87. The van der Waals surface area contributed by atoms with Gasteiger partial charge in [0.05, 0.1) is 29.4 Å². The summed E-state index contributed by atoms with van der Waals surface area (Å²) in [6.45, 7) is 4.00. The van der Waals surface area contributed by atoms with Crippen LogP contribution in [0.3, 0.4) is 0 Å². The van der Waals surface area contributed by atoms with E-state index >= 15 is 0 Å². The van der Waals surface area contributed by atoms with E-state index in [0.717, 1.165) is 30.0 Å². The summed E-state index contributed by atoms with van der Waals surface area (Å²) in [4.78, 5) is 29.4. The van der Waals surface area contributed by atoms with E-state index in [1.54, 1.807) is 18.0 Å². The molecule has 0 unspecified atom stereocenters. The Morgan fingerprint density at radius 2 is 1.73 bits per heavy atom. The molecule has 1 aromatic rings. The molecule has 0 N–H and O–H groups in total. The van der Waals surface area contributed by atoms with Crippen molar-refractivity contribution in [2.24, 2.45) is 5.92 Å². The van der Waals surface area contributed by atoms with Crippen molar-refractivity contribution in [1.82, 2.24) is 9.21 Å². The molecule has 1 aliphatic carbocycles. The molecule has 0 aromatic heterocycles. The van der Waals surface area contributed by atoms with Crippen LogP contribution in [-0.2, 0) is 24.3 Å². The van der Waals surface area contributed by atoms with E-state index in [1.807, 2.05) is 4.90 Å². The van der Waals surface area contributed by atoms with Crippen molar-refractivity contribution in [3.8, 4) is 0 Å². The molecule has 1 amide bonds. The fourth-order valence-electron chi connectivity index (χ4n) is 4.27. The predicted molar refractivity (Wildman–Crippen MR) is 125 cm³/mol. The number of nitrogens with zero attached hydrogens (tertiary/aromatic N) is 3. The van der Waals surface area contributed by atoms with Gasteiger partial charge in [-0.3, -0.25) is 4.79 Å². The minimum atomic E-state index is -3.74. The van der Waals surface area contributed by atoms with E-state index in [1.165, 1.54) is 26.2 Å². The van der Waals surface area contributed by atoms with Crippen LogP contribution in [0.15, 0.2) is 23.1 Å². The average Bonchev–Trinajstić information content (AvgIpc) is 2.82. The zero-order valence-electron chi connectivity index (χ0n) is 20.0. The van der Waals surface area contributed by atoms with Gasteiger partial charge in [-0.05, 0) is 49.8 Å². The van der Waals surface area contributed by atoms with Crippen molar-refractivity contribution in [2.75, 3.05) is 59.0 Å². The highest BCUT2D eigenvalue weighted by Gasteiger charge is 2.28. The van der Waals surface area contributed by atoms with Crippen molar-refractivity contribution in [2.45, 2.75) is 43.5 Å². The standard InChI is InChI=1S/C23H35N3O6S/c1-17-5-7-18(8-6-17)25(4)22(27)16-32-23(28)20-15-19(33(29,30)24(2)3)9-10-21(20)26-11-13-31-14-12-26/h9-10,15,17-18H,5-8,11-14,16H2,1-4H3. The Labute approximate surface area is 196 Å². The third-order valence-corrected chi connectivity index (χ3v) is 8.38. The molecule has 9 nitrogen and oxygen atoms in total.